The van der Waals surface area contributed by atoms with Crippen molar-refractivity contribution in [1.82, 2.24) is 4.98 Å². The second-order valence-electron chi connectivity index (χ2n) is 8.29. The van der Waals surface area contributed by atoms with Gasteiger partial charge in [0.1, 0.15) is 11.4 Å². The zero-order chi connectivity index (χ0) is 28.6. The summed E-state index contributed by atoms with van der Waals surface area (Å²) in [4.78, 5) is 65.3. The zero-order valence-corrected chi connectivity index (χ0v) is 21.2. The van der Waals surface area contributed by atoms with Gasteiger partial charge in [0.25, 0.3) is 17.5 Å². The second-order valence-corrected chi connectivity index (χ2v) is 9.32. The van der Waals surface area contributed by atoms with E-state index < -0.39 is 50.4 Å². The van der Waals surface area contributed by atoms with E-state index >= 15 is 0 Å². The number of hydrogen-bond acceptors (Lipinski definition) is 11. The van der Waals surface area contributed by atoms with Crippen LogP contribution in [0.15, 0.2) is 71.8 Å². The van der Waals surface area contributed by atoms with Crippen molar-refractivity contribution in [2.45, 2.75) is 0 Å². The minimum absolute atomic E-state index is 0.105. The molecule has 0 saturated heterocycles. The van der Waals surface area contributed by atoms with Crippen LogP contribution in [-0.4, -0.2) is 45.2 Å². The molecule has 0 radical (unpaired) electrons. The molecule has 3 aromatic carbocycles. The van der Waals surface area contributed by atoms with Crippen molar-refractivity contribution in [3.8, 4) is 5.75 Å². The largest absolute Gasteiger partial charge is 0.497 e. The third-order valence-electron chi connectivity index (χ3n) is 5.90. The first kappa shape index (κ1) is 26.1. The van der Waals surface area contributed by atoms with Gasteiger partial charge >= 0.3 is 5.69 Å². The van der Waals surface area contributed by atoms with Crippen LogP contribution in [0.2, 0.25) is 0 Å². The van der Waals surface area contributed by atoms with Crippen LogP contribution in [0.5, 0.6) is 5.75 Å². The minimum Gasteiger partial charge on any atom is -0.497 e. The Morgan fingerprint density at radius 2 is 1.77 bits per heavy atom. The van der Waals surface area contributed by atoms with Crippen molar-refractivity contribution >= 4 is 67.1 Å². The maximum atomic E-state index is 13.5. The molecular weight excluding hydrogens is 544 g/mol. The topological polar surface area (TPSA) is 187 Å². The van der Waals surface area contributed by atoms with Crippen molar-refractivity contribution in [2.24, 2.45) is 11.0 Å². The number of methoxy groups -OCH3 is 1. The quantitative estimate of drug-likeness (QED) is 0.145. The molecule has 2 amide bonds. The van der Waals surface area contributed by atoms with Gasteiger partial charge in [-0.15, -0.1) is 0 Å². The number of anilines is 2. The Labute approximate surface area is 227 Å². The van der Waals surface area contributed by atoms with Gasteiger partial charge < -0.3 is 4.74 Å². The molecule has 1 N–H and O–H groups in total. The molecule has 0 saturated carbocycles. The predicted molar refractivity (Wildman–Crippen MR) is 144 cm³/mol. The van der Waals surface area contributed by atoms with E-state index in [2.05, 4.69) is 15.4 Å². The molecule has 200 valence electrons. The first-order valence-electron chi connectivity index (χ1n) is 11.4. The van der Waals surface area contributed by atoms with Gasteiger partial charge in [0.2, 0.25) is 5.78 Å². The molecule has 15 heteroatoms. The molecule has 1 aromatic heterocycles. The number of nitro groups is 2. The summed E-state index contributed by atoms with van der Waals surface area (Å²) >= 11 is 1.09. The fraction of sp³-hybridized carbons (Fsp3) is 0.0800. The molecule has 0 unspecified atom stereocenters. The lowest BCUT2D eigenvalue weighted by atomic mass is 9.92. The number of rotatable bonds is 8. The van der Waals surface area contributed by atoms with E-state index in [9.17, 15) is 34.6 Å². The third-order valence-corrected chi connectivity index (χ3v) is 6.84. The fourth-order valence-electron chi connectivity index (χ4n) is 4.02. The lowest BCUT2D eigenvalue weighted by Crippen LogP contribution is -2.39. The number of benzene rings is 3. The van der Waals surface area contributed by atoms with Crippen LogP contribution < -0.4 is 15.1 Å². The lowest BCUT2D eigenvalue weighted by molar-refractivity contribution is -0.393. The normalized spacial score (nSPS) is 14.6. The van der Waals surface area contributed by atoms with Crippen molar-refractivity contribution in [1.29, 1.82) is 0 Å². The van der Waals surface area contributed by atoms with Crippen LogP contribution in [0.25, 0.3) is 10.2 Å². The lowest BCUT2D eigenvalue weighted by Gasteiger charge is -2.13. The molecule has 0 fully saturated rings. The number of nitro benzene ring substituents is 2. The van der Waals surface area contributed by atoms with Crippen molar-refractivity contribution in [3.63, 3.8) is 0 Å². The van der Waals surface area contributed by atoms with Gasteiger partial charge in [0.05, 0.1) is 39.0 Å². The molecule has 2 heterocycles. The molecule has 0 spiro atoms. The Kier molecular flexibility index (Phi) is 6.71. The monoisotopic (exact) mass is 560 g/mol. The van der Waals surface area contributed by atoms with E-state index in [1.165, 1.54) is 7.11 Å². The first-order valence-corrected chi connectivity index (χ1v) is 12.2. The van der Waals surface area contributed by atoms with Crippen LogP contribution in [0.1, 0.15) is 5.56 Å². The van der Waals surface area contributed by atoms with E-state index in [0.29, 0.717) is 32.6 Å². The number of aromatic nitrogens is 1. The van der Waals surface area contributed by atoms with Gasteiger partial charge in [0.15, 0.2) is 11.0 Å². The number of ether oxygens (including phenoxy) is 1. The summed E-state index contributed by atoms with van der Waals surface area (Å²) in [5.41, 5.74) is -0.997. The number of amides is 2. The molecule has 0 bridgehead atoms. The van der Waals surface area contributed by atoms with E-state index in [0.717, 1.165) is 23.5 Å². The highest BCUT2D eigenvalue weighted by atomic mass is 32.1. The molecule has 1 aliphatic heterocycles. The summed E-state index contributed by atoms with van der Waals surface area (Å²) in [7, 11) is 1.50. The molecular formula is C25H16N6O8S. The van der Waals surface area contributed by atoms with Gasteiger partial charge in [-0.1, -0.05) is 41.7 Å². The average molecular weight is 561 g/mol. The molecule has 14 nitrogen and oxygen atoms in total. The van der Waals surface area contributed by atoms with Gasteiger partial charge in [-0.2, -0.15) is 10.1 Å². The van der Waals surface area contributed by atoms with Gasteiger partial charge in [-0.3, -0.25) is 39.9 Å². The molecule has 1 atom stereocenters. The van der Waals surface area contributed by atoms with Crippen molar-refractivity contribution in [2.75, 3.05) is 17.4 Å². The zero-order valence-electron chi connectivity index (χ0n) is 20.3. The summed E-state index contributed by atoms with van der Waals surface area (Å²) in [6, 6.07) is 15.8. The van der Waals surface area contributed by atoms with Crippen molar-refractivity contribution < 1.29 is 29.0 Å². The number of carbonyl (C=O) groups excluding carboxylic acids is 3. The summed E-state index contributed by atoms with van der Waals surface area (Å²) in [5.74, 6) is -4.52. The number of ketones is 1. The summed E-state index contributed by atoms with van der Waals surface area (Å²) in [6.07, 6.45) is 0. The number of nitrogens with zero attached hydrogens (tertiary/aromatic N) is 5. The molecule has 40 heavy (non-hydrogen) atoms. The standard InChI is InChI=1S/C25H16N6O8S/c1-39-15-8-9-16-19(12-15)40-25(26-16)27-23(33)22(32)20-21(13-5-3-2-4-6-13)28-29(24(20)34)17-10-7-14(30(35)36)11-18(17)31(37)38/h2-12,20H,1H3,(H,26,27,33)/t20-/m0/s1. The molecule has 1 aliphatic rings. The number of hydrazone groups is 1. The third kappa shape index (κ3) is 4.71. The highest BCUT2D eigenvalue weighted by Gasteiger charge is 2.46. The number of hydrogen-bond donors (Lipinski definition) is 1. The van der Waals surface area contributed by atoms with E-state index in [1.54, 1.807) is 48.5 Å². The maximum Gasteiger partial charge on any atom is 0.301 e. The van der Waals surface area contributed by atoms with Crippen LogP contribution >= 0.6 is 11.3 Å². The number of carbonyl (C=O) groups is 3. The smallest absolute Gasteiger partial charge is 0.301 e. The Bertz CT molecular complexity index is 1750. The predicted octanol–water partition coefficient (Wildman–Crippen LogP) is 3.70. The molecule has 5 rings (SSSR count). The number of nitrogens with one attached hydrogen (secondary N) is 1. The van der Waals surface area contributed by atoms with Gasteiger partial charge in [-0.25, -0.2) is 4.98 Å². The minimum atomic E-state index is -1.74. The maximum absolute atomic E-state index is 13.5. The summed E-state index contributed by atoms with van der Waals surface area (Å²) in [5, 5.41) is 30.1. The number of fused-ring (bicyclic) bond motifs is 1. The van der Waals surface area contributed by atoms with Crippen LogP contribution in [-0.2, 0) is 14.4 Å². The molecule has 4 aromatic rings. The Morgan fingerprint density at radius 1 is 1.02 bits per heavy atom. The van der Waals surface area contributed by atoms with E-state index in [4.69, 9.17) is 4.74 Å². The van der Waals surface area contributed by atoms with Crippen LogP contribution in [0.4, 0.5) is 22.2 Å². The number of Topliss-reactive ketones (excluding diaryl/α,β-unsaturated/α-hetero) is 1. The van der Waals surface area contributed by atoms with Crippen LogP contribution in [0.3, 0.4) is 0 Å². The SMILES string of the molecule is COc1ccc2nc(NC(=O)C(=O)[C@H]3C(=O)N(c4ccc([N+](=O)[O-])cc4[N+](=O)[O-])N=C3c3ccccc3)sc2c1. The average Bonchev–Trinajstić information content (AvgIpc) is 3.51. The van der Waals surface area contributed by atoms with Gasteiger partial charge in [-0.05, 0) is 29.8 Å². The number of thiazole rings is 1. The van der Waals surface area contributed by atoms with E-state index in [-0.39, 0.29) is 10.8 Å². The first-order chi connectivity index (χ1) is 19.2. The van der Waals surface area contributed by atoms with Gasteiger partial charge in [0, 0.05) is 6.07 Å². The summed E-state index contributed by atoms with van der Waals surface area (Å²) < 4.78 is 5.86. The van der Waals surface area contributed by atoms with E-state index in [1.807, 2.05) is 0 Å². The van der Waals surface area contributed by atoms with Crippen molar-refractivity contribution in [3.05, 3.63) is 92.5 Å². The Balaban J connectivity index is 1.50. The number of non-ortho nitro benzene ring substituents is 1. The Morgan fingerprint density at radius 3 is 2.45 bits per heavy atom. The molecule has 0 aliphatic carbocycles. The Hall–Kier alpha value is -5.57. The summed E-state index contributed by atoms with van der Waals surface area (Å²) in [6.45, 7) is 0. The highest BCUT2D eigenvalue weighted by Crippen LogP contribution is 2.36. The second kappa shape index (κ2) is 10.3. The van der Waals surface area contributed by atoms with Crippen LogP contribution in [0, 0.1) is 26.1 Å². The fourth-order valence-corrected chi connectivity index (χ4v) is 4.91. The highest BCUT2D eigenvalue weighted by molar-refractivity contribution is 7.22.